The zero-order chi connectivity index (χ0) is 13.7. The lowest BCUT2D eigenvalue weighted by Gasteiger charge is -2.22. The lowest BCUT2D eigenvalue weighted by molar-refractivity contribution is -0.119. The van der Waals surface area contributed by atoms with Crippen molar-refractivity contribution in [2.24, 2.45) is 0 Å². The van der Waals surface area contributed by atoms with Crippen molar-refractivity contribution in [2.45, 2.75) is 19.8 Å². The molecule has 7 nitrogen and oxygen atoms in total. The third-order valence-electron chi connectivity index (χ3n) is 2.83. The van der Waals surface area contributed by atoms with E-state index in [1.54, 1.807) is 0 Å². The van der Waals surface area contributed by atoms with Crippen LogP contribution in [-0.4, -0.2) is 42.1 Å². The summed E-state index contributed by atoms with van der Waals surface area (Å²) in [6.07, 6.45) is 3.16. The summed E-state index contributed by atoms with van der Waals surface area (Å²) in [7, 11) is 0. The Bertz CT molecular complexity index is 452. The number of ether oxygens (including phenoxy) is 1. The average molecular weight is 265 g/mol. The summed E-state index contributed by atoms with van der Waals surface area (Å²) >= 11 is 0. The molecule has 1 aliphatic heterocycles. The van der Waals surface area contributed by atoms with Crippen LogP contribution in [0, 0.1) is 0 Å². The van der Waals surface area contributed by atoms with Crippen LogP contribution in [0.15, 0.2) is 6.33 Å². The molecule has 0 aromatic carbocycles. The molecular weight excluding hydrogens is 246 g/mol. The second-order valence-corrected chi connectivity index (χ2v) is 4.39. The van der Waals surface area contributed by atoms with Gasteiger partial charge in [0.1, 0.15) is 12.0 Å². The van der Waals surface area contributed by atoms with Gasteiger partial charge in [0.2, 0.25) is 11.8 Å². The molecule has 0 bridgehead atoms. The fourth-order valence-electron chi connectivity index (χ4n) is 1.92. The fourth-order valence-corrected chi connectivity index (χ4v) is 1.92. The van der Waals surface area contributed by atoms with Gasteiger partial charge < -0.3 is 20.7 Å². The molecule has 0 radical (unpaired) electrons. The molecule has 3 N–H and O–H groups in total. The average Bonchev–Trinajstić information content (AvgIpc) is 2.62. The highest BCUT2D eigenvalue weighted by molar-refractivity contribution is 5.83. The summed E-state index contributed by atoms with van der Waals surface area (Å²) in [5, 5.41) is 2.82. The van der Waals surface area contributed by atoms with Crippen molar-refractivity contribution in [2.75, 3.05) is 36.9 Å². The van der Waals surface area contributed by atoms with E-state index in [1.165, 1.54) is 6.33 Å². The number of nitrogens with one attached hydrogen (secondary N) is 1. The highest BCUT2D eigenvalue weighted by atomic mass is 16.5. The quantitative estimate of drug-likeness (QED) is 0.806. The van der Waals surface area contributed by atoms with Crippen LogP contribution >= 0.6 is 0 Å². The number of carbonyl (C=O) groups is 1. The second-order valence-electron chi connectivity index (χ2n) is 4.39. The predicted molar refractivity (Wildman–Crippen MR) is 72.1 cm³/mol. The SMILES string of the molecule is CCCOc1ncnc(N2CCCNC(=O)C2)c1N. The standard InChI is InChI=1S/C12H19N5O2/c1-2-6-19-12-10(13)11(15-8-16-12)17-5-3-4-14-9(18)7-17/h8H,2-7,13H2,1H3,(H,14,18). The largest absolute Gasteiger partial charge is 0.476 e. The van der Waals surface area contributed by atoms with E-state index in [-0.39, 0.29) is 12.5 Å². The first-order chi connectivity index (χ1) is 9.22. The summed E-state index contributed by atoms with van der Waals surface area (Å²) in [6, 6.07) is 0. The van der Waals surface area contributed by atoms with Crippen molar-refractivity contribution in [3.63, 3.8) is 0 Å². The Morgan fingerprint density at radius 2 is 2.37 bits per heavy atom. The maximum atomic E-state index is 11.6. The number of nitrogens with zero attached hydrogens (tertiary/aromatic N) is 3. The molecule has 0 saturated carbocycles. The van der Waals surface area contributed by atoms with Gasteiger partial charge in [-0.05, 0) is 12.8 Å². The summed E-state index contributed by atoms with van der Waals surface area (Å²) in [5.41, 5.74) is 6.42. The normalized spacial score (nSPS) is 15.8. The number of nitrogen functional groups attached to an aromatic ring is 1. The molecule has 1 aromatic rings. The Morgan fingerprint density at radius 3 is 3.16 bits per heavy atom. The van der Waals surface area contributed by atoms with Gasteiger partial charge in [-0.2, -0.15) is 4.98 Å². The van der Waals surface area contributed by atoms with Gasteiger partial charge in [0.25, 0.3) is 0 Å². The number of amides is 1. The van der Waals surface area contributed by atoms with Crippen molar-refractivity contribution >= 4 is 17.4 Å². The Hall–Kier alpha value is -2.05. The van der Waals surface area contributed by atoms with Crippen molar-refractivity contribution in [1.82, 2.24) is 15.3 Å². The van der Waals surface area contributed by atoms with Gasteiger partial charge in [-0.1, -0.05) is 6.92 Å². The first-order valence-corrected chi connectivity index (χ1v) is 6.47. The number of anilines is 2. The minimum Gasteiger partial charge on any atom is -0.476 e. The zero-order valence-corrected chi connectivity index (χ0v) is 11.1. The summed E-state index contributed by atoms with van der Waals surface area (Å²) in [6.45, 7) is 4.24. The van der Waals surface area contributed by atoms with Crippen molar-refractivity contribution in [1.29, 1.82) is 0 Å². The molecule has 0 atom stereocenters. The molecule has 0 spiro atoms. The molecule has 1 amide bonds. The molecule has 1 aromatic heterocycles. The number of nitrogens with two attached hydrogens (primary N) is 1. The number of hydrogen-bond donors (Lipinski definition) is 2. The van der Waals surface area contributed by atoms with Crippen molar-refractivity contribution < 1.29 is 9.53 Å². The third-order valence-corrected chi connectivity index (χ3v) is 2.83. The van der Waals surface area contributed by atoms with E-state index in [9.17, 15) is 4.79 Å². The van der Waals surface area contributed by atoms with Crippen LogP contribution in [0.25, 0.3) is 0 Å². The maximum Gasteiger partial charge on any atom is 0.242 e. The molecule has 104 valence electrons. The monoisotopic (exact) mass is 265 g/mol. The Morgan fingerprint density at radius 1 is 1.53 bits per heavy atom. The number of hydrogen-bond acceptors (Lipinski definition) is 6. The molecule has 7 heteroatoms. The van der Waals surface area contributed by atoms with Gasteiger partial charge in [-0.15, -0.1) is 0 Å². The Kier molecular flexibility index (Phi) is 4.38. The van der Waals surface area contributed by atoms with E-state index in [0.717, 1.165) is 19.4 Å². The highest BCUT2D eigenvalue weighted by Gasteiger charge is 2.20. The van der Waals surface area contributed by atoms with Gasteiger partial charge in [0.05, 0.1) is 13.2 Å². The zero-order valence-electron chi connectivity index (χ0n) is 11.1. The number of rotatable bonds is 4. The molecular formula is C12H19N5O2. The van der Waals surface area contributed by atoms with Gasteiger partial charge >= 0.3 is 0 Å². The molecule has 1 fully saturated rings. The number of aromatic nitrogens is 2. The first kappa shape index (κ1) is 13.4. The van der Waals surface area contributed by atoms with E-state index in [1.807, 2.05) is 11.8 Å². The third kappa shape index (κ3) is 3.24. The van der Waals surface area contributed by atoms with Gasteiger partial charge in [-0.3, -0.25) is 4.79 Å². The Balaban J connectivity index is 2.20. The molecule has 0 unspecified atom stereocenters. The second kappa shape index (κ2) is 6.21. The van der Waals surface area contributed by atoms with E-state index in [4.69, 9.17) is 10.5 Å². The van der Waals surface area contributed by atoms with Gasteiger partial charge in [-0.25, -0.2) is 4.98 Å². The van der Waals surface area contributed by atoms with Crippen LogP contribution < -0.4 is 20.7 Å². The van der Waals surface area contributed by atoms with E-state index < -0.39 is 0 Å². The molecule has 2 rings (SSSR count). The molecule has 0 aliphatic carbocycles. The van der Waals surface area contributed by atoms with Gasteiger partial charge in [0.15, 0.2) is 5.82 Å². The van der Waals surface area contributed by atoms with Crippen LogP contribution in [0.3, 0.4) is 0 Å². The fraction of sp³-hybridized carbons (Fsp3) is 0.583. The molecule has 2 heterocycles. The summed E-state index contributed by atoms with van der Waals surface area (Å²) in [4.78, 5) is 21.6. The van der Waals surface area contributed by atoms with E-state index in [0.29, 0.717) is 30.5 Å². The topological polar surface area (TPSA) is 93.4 Å². The molecule has 19 heavy (non-hydrogen) atoms. The lowest BCUT2D eigenvalue weighted by Crippen LogP contribution is -2.34. The van der Waals surface area contributed by atoms with Gasteiger partial charge in [0, 0.05) is 13.1 Å². The van der Waals surface area contributed by atoms with Crippen molar-refractivity contribution in [3.05, 3.63) is 6.33 Å². The van der Waals surface area contributed by atoms with E-state index >= 15 is 0 Å². The molecule has 1 saturated heterocycles. The highest BCUT2D eigenvalue weighted by Crippen LogP contribution is 2.28. The van der Waals surface area contributed by atoms with Crippen LogP contribution in [0.2, 0.25) is 0 Å². The number of carbonyl (C=O) groups excluding carboxylic acids is 1. The van der Waals surface area contributed by atoms with Crippen LogP contribution in [0.5, 0.6) is 5.88 Å². The van der Waals surface area contributed by atoms with Crippen LogP contribution in [0.1, 0.15) is 19.8 Å². The minimum atomic E-state index is -0.0217. The summed E-state index contributed by atoms with van der Waals surface area (Å²) < 4.78 is 5.47. The predicted octanol–water partition coefficient (Wildman–Crippen LogP) is 0.174. The van der Waals surface area contributed by atoms with Crippen LogP contribution in [-0.2, 0) is 4.79 Å². The summed E-state index contributed by atoms with van der Waals surface area (Å²) in [5.74, 6) is 0.932. The van der Waals surface area contributed by atoms with Crippen LogP contribution in [0.4, 0.5) is 11.5 Å². The maximum absolute atomic E-state index is 11.6. The smallest absolute Gasteiger partial charge is 0.242 e. The lowest BCUT2D eigenvalue weighted by atomic mass is 10.3. The molecule has 1 aliphatic rings. The first-order valence-electron chi connectivity index (χ1n) is 6.47. The van der Waals surface area contributed by atoms with Crippen molar-refractivity contribution in [3.8, 4) is 5.88 Å². The van der Waals surface area contributed by atoms with E-state index in [2.05, 4.69) is 15.3 Å². The minimum absolute atomic E-state index is 0.0217. The Labute approximate surface area is 112 Å².